The van der Waals surface area contributed by atoms with Gasteiger partial charge in [0.1, 0.15) is 0 Å². The molecule has 1 aromatic carbocycles. The van der Waals surface area contributed by atoms with Crippen LogP contribution in [0.4, 0.5) is 0 Å². The van der Waals surface area contributed by atoms with Crippen molar-refractivity contribution in [2.75, 3.05) is 6.54 Å². The minimum atomic E-state index is 0.524. The molecule has 66 valence electrons. The fraction of sp³-hybridized carbons (Fsp3) is 0.455. The number of hydrogen-bond donors (Lipinski definition) is 1. The first-order chi connectivity index (χ1) is 5.88. The third-order valence-corrected chi connectivity index (χ3v) is 2.06. The van der Waals surface area contributed by atoms with Gasteiger partial charge in [-0.05, 0) is 18.5 Å². The standard InChI is InChI=1S/C11H17N/c1-3-11(12-4-2)10-8-6-5-7-9-10/h5-9,11-12H,3-4H2,1-2H3/t11-/m1/s1. The molecule has 1 rings (SSSR count). The Balaban J connectivity index is 2.66. The van der Waals surface area contributed by atoms with Crippen molar-refractivity contribution in [1.82, 2.24) is 5.32 Å². The molecule has 1 heteroatoms. The van der Waals surface area contributed by atoms with Crippen LogP contribution in [0.1, 0.15) is 31.9 Å². The van der Waals surface area contributed by atoms with E-state index in [4.69, 9.17) is 0 Å². The second kappa shape index (κ2) is 4.94. The third kappa shape index (κ3) is 2.35. The molecule has 0 aliphatic rings. The SMILES string of the molecule is CCN[C@H](CC)c1ccccc1. The highest BCUT2D eigenvalue weighted by atomic mass is 14.9. The summed E-state index contributed by atoms with van der Waals surface area (Å²) >= 11 is 0. The van der Waals surface area contributed by atoms with Crippen molar-refractivity contribution < 1.29 is 0 Å². The van der Waals surface area contributed by atoms with Gasteiger partial charge in [-0.3, -0.25) is 0 Å². The molecular weight excluding hydrogens is 146 g/mol. The zero-order chi connectivity index (χ0) is 8.81. The van der Waals surface area contributed by atoms with Gasteiger partial charge in [-0.2, -0.15) is 0 Å². The van der Waals surface area contributed by atoms with Gasteiger partial charge in [-0.1, -0.05) is 44.2 Å². The summed E-state index contributed by atoms with van der Waals surface area (Å²) in [6.45, 7) is 5.39. The predicted molar refractivity (Wildman–Crippen MR) is 53.2 cm³/mol. The summed E-state index contributed by atoms with van der Waals surface area (Å²) in [6, 6.07) is 11.1. The quantitative estimate of drug-likeness (QED) is 0.719. The number of rotatable bonds is 4. The van der Waals surface area contributed by atoms with Crippen molar-refractivity contribution in [2.24, 2.45) is 0 Å². The van der Waals surface area contributed by atoms with Crippen LogP contribution in [0, 0.1) is 0 Å². The Morgan fingerprint density at radius 1 is 1.17 bits per heavy atom. The predicted octanol–water partition coefficient (Wildman–Crippen LogP) is 2.75. The van der Waals surface area contributed by atoms with E-state index in [2.05, 4.69) is 49.5 Å². The normalized spacial score (nSPS) is 12.8. The zero-order valence-electron chi connectivity index (χ0n) is 7.88. The lowest BCUT2D eigenvalue weighted by Gasteiger charge is -2.15. The molecule has 0 aromatic heterocycles. The molecule has 1 nitrogen and oxygen atoms in total. The number of benzene rings is 1. The van der Waals surface area contributed by atoms with E-state index >= 15 is 0 Å². The van der Waals surface area contributed by atoms with E-state index in [0.29, 0.717) is 6.04 Å². The molecule has 1 atom stereocenters. The molecule has 0 fully saturated rings. The fourth-order valence-corrected chi connectivity index (χ4v) is 1.43. The van der Waals surface area contributed by atoms with Crippen LogP contribution >= 0.6 is 0 Å². The maximum absolute atomic E-state index is 3.45. The Morgan fingerprint density at radius 2 is 1.83 bits per heavy atom. The van der Waals surface area contributed by atoms with E-state index in [1.165, 1.54) is 5.56 Å². The lowest BCUT2D eigenvalue weighted by atomic mass is 10.1. The van der Waals surface area contributed by atoms with Crippen LogP contribution in [-0.4, -0.2) is 6.54 Å². The summed E-state index contributed by atoms with van der Waals surface area (Å²) in [6.07, 6.45) is 1.15. The molecule has 0 heterocycles. The highest BCUT2D eigenvalue weighted by Crippen LogP contribution is 2.14. The van der Waals surface area contributed by atoms with Gasteiger partial charge in [0.15, 0.2) is 0 Å². The summed E-state index contributed by atoms with van der Waals surface area (Å²) in [5.41, 5.74) is 1.39. The second-order valence-corrected chi connectivity index (χ2v) is 2.93. The minimum Gasteiger partial charge on any atom is -0.310 e. The van der Waals surface area contributed by atoms with Crippen LogP contribution in [0.25, 0.3) is 0 Å². The maximum atomic E-state index is 3.45. The number of hydrogen-bond acceptors (Lipinski definition) is 1. The van der Waals surface area contributed by atoms with Crippen LogP contribution in [0.15, 0.2) is 30.3 Å². The molecule has 1 N–H and O–H groups in total. The first kappa shape index (κ1) is 9.27. The minimum absolute atomic E-state index is 0.524. The van der Waals surface area contributed by atoms with Gasteiger partial charge < -0.3 is 5.32 Å². The van der Waals surface area contributed by atoms with E-state index in [0.717, 1.165) is 13.0 Å². The van der Waals surface area contributed by atoms with Crippen molar-refractivity contribution in [3.63, 3.8) is 0 Å². The van der Waals surface area contributed by atoms with Crippen molar-refractivity contribution in [1.29, 1.82) is 0 Å². The molecule has 0 unspecified atom stereocenters. The summed E-state index contributed by atoms with van der Waals surface area (Å²) in [7, 11) is 0. The van der Waals surface area contributed by atoms with E-state index in [1.54, 1.807) is 0 Å². The van der Waals surface area contributed by atoms with Gasteiger partial charge in [-0.15, -0.1) is 0 Å². The van der Waals surface area contributed by atoms with E-state index in [9.17, 15) is 0 Å². The molecule has 0 spiro atoms. The first-order valence-corrected chi connectivity index (χ1v) is 4.66. The third-order valence-electron chi connectivity index (χ3n) is 2.06. The van der Waals surface area contributed by atoms with E-state index in [-0.39, 0.29) is 0 Å². The summed E-state index contributed by atoms with van der Waals surface area (Å²) in [5.74, 6) is 0. The molecule has 0 amide bonds. The van der Waals surface area contributed by atoms with Crippen molar-refractivity contribution in [3.05, 3.63) is 35.9 Å². The van der Waals surface area contributed by atoms with Gasteiger partial charge >= 0.3 is 0 Å². The number of nitrogens with one attached hydrogen (secondary N) is 1. The molecule has 1 aromatic rings. The maximum Gasteiger partial charge on any atom is 0.0317 e. The molecule has 0 bridgehead atoms. The van der Waals surface area contributed by atoms with Crippen LogP contribution < -0.4 is 5.32 Å². The van der Waals surface area contributed by atoms with Crippen LogP contribution in [0.3, 0.4) is 0 Å². The molecule has 0 saturated carbocycles. The zero-order valence-corrected chi connectivity index (χ0v) is 7.88. The molecule has 0 aliphatic carbocycles. The summed E-state index contributed by atoms with van der Waals surface area (Å²) in [5, 5.41) is 3.45. The lowest BCUT2D eigenvalue weighted by Crippen LogP contribution is -2.19. The lowest BCUT2D eigenvalue weighted by molar-refractivity contribution is 0.537. The Bertz CT molecular complexity index is 206. The smallest absolute Gasteiger partial charge is 0.0317 e. The second-order valence-electron chi connectivity index (χ2n) is 2.93. The molecule has 0 radical (unpaired) electrons. The Labute approximate surface area is 74.8 Å². The fourth-order valence-electron chi connectivity index (χ4n) is 1.43. The average molecular weight is 163 g/mol. The van der Waals surface area contributed by atoms with Gasteiger partial charge in [0.05, 0.1) is 0 Å². The molecule has 0 aliphatic heterocycles. The Hall–Kier alpha value is -0.820. The van der Waals surface area contributed by atoms with Gasteiger partial charge in [0.2, 0.25) is 0 Å². The van der Waals surface area contributed by atoms with Gasteiger partial charge in [0.25, 0.3) is 0 Å². The molecular formula is C11H17N. The molecule has 0 saturated heterocycles. The highest BCUT2D eigenvalue weighted by molar-refractivity contribution is 5.18. The van der Waals surface area contributed by atoms with Crippen LogP contribution in [0.5, 0.6) is 0 Å². The van der Waals surface area contributed by atoms with Crippen molar-refractivity contribution >= 4 is 0 Å². The largest absolute Gasteiger partial charge is 0.310 e. The monoisotopic (exact) mass is 163 g/mol. The summed E-state index contributed by atoms with van der Waals surface area (Å²) < 4.78 is 0. The van der Waals surface area contributed by atoms with E-state index < -0.39 is 0 Å². The Morgan fingerprint density at radius 3 is 2.33 bits per heavy atom. The Kier molecular flexibility index (Phi) is 3.81. The van der Waals surface area contributed by atoms with Gasteiger partial charge in [0, 0.05) is 6.04 Å². The van der Waals surface area contributed by atoms with Gasteiger partial charge in [-0.25, -0.2) is 0 Å². The highest BCUT2D eigenvalue weighted by Gasteiger charge is 2.04. The first-order valence-electron chi connectivity index (χ1n) is 4.66. The van der Waals surface area contributed by atoms with Crippen molar-refractivity contribution in [2.45, 2.75) is 26.3 Å². The topological polar surface area (TPSA) is 12.0 Å². The van der Waals surface area contributed by atoms with Crippen molar-refractivity contribution in [3.8, 4) is 0 Å². The molecule has 12 heavy (non-hydrogen) atoms. The average Bonchev–Trinajstić information content (AvgIpc) is 2.15. The van der Waals surface area contributed by atoms with E-state index in [1.807, 2.05) is 0 Å². The van der Waals surface area contributed by atoms with Crippen LogP contribution in [-0.2, 0) is 0 Å². The van der Waals surface area contributed by atoms with Crippen LogP contribution in [0.2, 0.25) is 0 Å². The summed E-state index contributed by atoms with van der Waals surface area (Å²) in [4.78, 5) is 0.